The van der Waals surface area contributed by atoms with E-state index in [1.807, 2.05) is 24.3 Å². The Bertz CT molecular complexity index is 789. The summed E-state index contributed by atoms with van der Waals surface area (Å²) in [5, 5.41) is 10.9. The maximum Gasteiger partial charge on any atom is 0.312 e. The number of nitrogens with zero attached hydrogens (tertiary/aromatic N) is 1. The Balaban J connectivity index is 1.31. The molecule has 4 aliphatic carbocycles. The predicted octanol–water partition coefficient (Wildman–Crippen LogP) is 2.84. The van der Waals surface area contributed by atoms with Gasteiger partial charge in [0.15, 0.2) is 6.10 Å². The number of fused-ring (bicyclic) bond motifs is 1. The van der Waals surface area contributed by atoms with Gasteiger partial charge in [-0.25, -0.2) is 0 Å². The molecule has 144 valence electrons. The molecule has 4 saturated carbocycles. The van der Waals surface area contributed by atoms with Gasteiger partial charge in [0.1, 0.15) is 0 Å². The molecule has 1 heterocycles. The molecule has 0 saturated heterocycles. The van der Waals surface area contributed by atoms with Crippen molar-refractivity contribution >= 4 is 17.6 Å². The van der Waals surface area contributed by atoms with Crippen LogP contribution in [0.25, 0.3) is 0 Å². The third kappa shape index (κ3) is 2.70. The van der Waals surface area contributed by atoms with Gasteiger partial charge in [-0.3, -0.25) is 9.59 Å². The first kappa shape index (κ1) is 17.2. The van der Waals surface area contributed by atoms with Crippen LogP contribution in [-0.2, 0) is 20.7 Å². The third-order valence-electron chi connectivity index (χ3n) is 7.25. The van der Waals surface area contributed by atoms with Crippen LogP contribution >= 0.6 is 0 Å². The molecule has 5 heteroatoms. The highest BCUT2D eigenvalue weighted by atomic mass is 16.5. The number of esters is 1. The summed E-state index contributed by atoms with van der Waals surface area (Å²) >= 11 is 0. The van der Waals surface area contributed by atoms with E-state index in [4.69, 9.17) is 4.74 Å². The zero-order chi connectivity index (χ0) is 18.8. The second-order valence-corrected chi connectivity index (χ2v) is 9.38. The van der Waals surface area contributed by atoms with Crippen molar-refractivity contribution in [3.63, 3.8) is 0 Å². The number of amides is 1. The Kier molecular flexibility index (Phi) is 3.71. The summed E-state index contributed by atoms with van der Waals surface area (Å²) in [5.41, 5.74) is 0.794. The van der Waals surface area contributed by atoms with Gasteiger partial charge in [-0.2, -0.15) is 0 Å². The highest BCUT2D eigenvalue weighted by molar-refractivity contribution is 5.99. The number of aliphatic hydroxyl groups is 1. The maximum absolute atomic E-state index is 13.1. The van der Waals surface area contributed by atoms with E-state index in [1.54, 1.807) is 11.8 Å². The van der Waals surface area contributed by atoms with Gasteiger partial charge < -0.3 is 14.7 Å². The molecule has 1 aliphatic heterocycles. The molecule has 1 aromatic carbocycles. The number of hydrogen-bond acceptors (Lipinski definition) is 4. The largest absolute Gasteiger partial charge is 0.452 e. The van der Waals surface area contributed by atoms with Gasteiger partial charge in [0.25, 0.3) is 5.91 Å². The number of ether oxygens (including phenoxy) is 1. The van der Waals surface area contributed by atoms with Gasteiger partial charge in [0, 0.05) is 12.2 Å². The molecule has 2 unspecified atom stereocenters. The second-order valence-electron chi connectivity index (χ2n) is 9.38. The fourth-order valence-corrected chi connectivity index (χ4v) is 6.58. The van der Waals surface area contributed by atoms with E-state index in [0.29, 0.717) is 24.8 Å². The molecule has 5 nitrogen and oxygen atoms in total. The van der Waals surface area contributed by atoms with Crippen molar-refractivity contribution in [3.05, 3.63) is 29.8 Å². The highest BCUT2D eigenvalue weighted by Crippen LogP contribution is 2.62. The maximum atomic E-state index is 13.1. The minimum Gasteiger partial charge on any atom is -0.452 e. The van der Waals surface area contributed by atoms with Gasteiger partial charge in [0.05, 0.1) is 11.0 Å². The van der Waals surface area contributed by atoms with E-state index in [9.17, 15) is 14.7 Å². The summed E-state index contributed by atoms with van der Waals surface area (Å²) in [5.74, 6) is 0.403. The molecule has 4 bridgehead atoms. The second kappa shape index (κ2) is 5.81. The van der Waals surface area contributed by atoms with Gasteiger partial charge >= 0.3 is 5.97 Å². The third-order valence-corrected chi connectivity index (χ3v) is 7.25. The Hall–Kier alpha value is -1.88. The van der Waals surface area contributed by atoms with Crippen molar-refractivity contribution in [3.8, 4) is 0 Å². The highest BCUT2D eigenvalue weighted by Gasteiger charge is 2.61. The Morgan fingerprint density at radius 2 is 1.89 bits per heavy atom. The summed E-state index contributed by atoms with van der Waals surface area (Å²) < 4.78 is 5.73. The van der Waals surface area contributed by atoms with Crippen LogP contribution in [0.5, 0.6) is 0 Å². The van der Waals surface area contributed by atoms with E-state index in [2.05, 4.69) is 0 Å². The number of benzene rings is 1. The zero-order valence-corrected chi connectivity index (χ0v) is 15.8. The zero-order valence-electron chi connectivity index (χ0n) is 15.8. The summed E-state index contributed by atoms with van der Waals surface area (Å²) in [6, 6.07) is 7.89. The molecule has 5 aliphatic rings. The number of carbonyl (C=O) groups excluding carboxylic acids is 2. The van der Waals surface area contributed by atoms with Crippen LogP contribution in [0.15, 0.2) is 24.3 Å². The molecule has 6 rings (SSSR count). The molecule has 0 spiro atoms. The van der Waals surface area contributed by atoms with Crippen molar-refractivity contribution < 1.29 is 19.4 Å². The van der Waals surface area contributed by atoms with E-state index in [-0.39, 0.29) is 11.9 Å². The van der Waals surface area contributed by atoms with Gasteiger partial charge in [-0.15, -0.1) is 0 Å². The smallest absolute Gasteiger partial charge is 0.312 e. The van der Waals surface area contributed by atoms with Crippen LogP contribution in [0.1, 0.15) is 51.0 Å². The molecule has 0 radical (unpaired) electrons. The first-order valence-electron chi connectivity index (χ1n) is 10.2. The number of para-hydroxylation sites is 1. The molecular weight excluding hydrogens is 342 g/mol. The summed E-state index contributed by atoms with van der Waals surface area (Å²) in [6.45, 7) is 2.31. The van der Waals surface area contributed by atoms with Crippen LogP contribution < -0.4 is 4.90 Å². The summed E-state index contributed by atoms with van der Waals surface area (Å²) in [6.07, 6.45) is 4.90. The minimum absolute atomic E-state index is 0.156. The van der Waals surface area contributed by atoms with Crippen molar-refractivity contribution in [2.75, 3.05) is 11.4 Å². The number of hydrogen-bond donors (Lipinski definition) is 1. The SMILES string of the molecule is C[C@H](OC(=O)C12C[C@@H]3C[C@@H](CC(O)(C3)C1)C2)C(=O)N1CCc2ccccc21. The molecule has 4 fully saturated rings. The summed E-state index contributed by atoms with van der Waals surface area (Å²) in [4.78, 5) is 27.8. The minimum atomic E-state index is -0.800. The average Bonchev–Trinajstić information content (AvgIpc) is 3.03. The lowest BCUT2D eigenvalue weighted by atomic mass is 9.48. The predicted molar refractivity (Wildman–Crippen MR) is 100 cm³/mol. The van der Waals surface area contributed by atoms with Crippen molar-refractivity contribution in [2.24, 2.45) is 17.3 Å². The number of rotatable bonds is 3. The van der Waals surface area contributed by atoms with Crippen molar-refractivity contribution in [2.45, 2.75) is 63.6 Å². The summed E-state index contributed by atoms with van der Waals surface area (Å²) in [7, 11) is 0. The Morgan fingerprint density at radius 3 is 2.59 bits per heavy atom. The van der Waals surface area contributed by atoms with Gasteiger partial charge in [0.2, 0.25) is 0 Å². The number of carbonyl (C=O) groups is 2. The normalized spacial score (nSPS) is 37.2. The van der Waals surface area contributed by atoms with E-state index < -0.39 is 17.1 Å². The lowest BCUT2D eigenvalue weighted by molar-refractivity contribution is -0.199. The van der Waals surface area contributed by atoms with Crippen molar-refractivity contribution in [1.82, 2.24) is 0 Å². The van der Waals surface area contributed by atoms with Crippen LogP contribution in [0.4, 0.5) is 5.69 Å². The molecule has 1 N–H and O–H groups in total. The van der Waals surface area contributed by atoms with Gasteiger partial charge in [-0.05, 0) is 75.3 Å². The Morgan fingerprint density at radius 1 is 1.19 bits per heavy atom. The molecule has 27 heavy (non-hydrogen) atoms. The first-order chi connectivity index (χ1) is 12.9. The molecule has 5 atom stereocenters. The van der Waals surface area contributed by atoms with E-state index in [1.165, 1.54) is 0 Å². The van der Waals surface area contributed by atoms with Gasteiger partial charge in [-0.1, -0.05) is 18.2 Å². The number of anilines is 1. The van der Waals surface area contributed by atoms with E-state index >= 15 is 0 Å². The fraction of sp³-hybridized carbons (Fsp3) is 0.636. The molecule has 1 amide bonds. The fourth-order valence-electron chi connectivity index (χ4n) is 6.58. The van der Waals surface area contributed by atoms with Crippen LogP contribution in [-0.4, -0.2) is 35.2 Å². The van der Waals surface area contributed by atoms with Crippen LogP contribution in [0.2, 0.25) is 0 Å². The standard InChI is InChI=1S/C22H27NO4/c1-14(19(24)23-7-6-17-4-2-3-5-18(17)23)27-20(25)21-9-15-8-16(10-21)12-22(26,11-15)13-21/h2-5,14-16,26H,6-13H2,1H3/t14-,15-,16+,21?,22?/m0/s1. The average molecular weight is 369 g/mol. The lowest BCUT2D eigenvalue weighted by Crippen LogP contribution is -2.59. The van der Waals surface area contributed by atoms with Crippen LogP contribution in [0.3, 0.4) is 0 Å². The van der Waals surface area contributed by atoms with Crippen LogP contribution in [0, 0.1) is 17.3 Å². The Labute approximate surface area is 159 Å². The molecule has 1 aromatic rings. The lowest BCUT2D eigenvalue weighted by Gasteiger charge is -2.58. The topological polar surface area (TPSA) is 66.8 Å². The molecule has 0 aromatic heterocycles. The molecular formula is C22H27NO4. The quantitative estimate of drug-likeness (QED) is 0.832. The van der Waals surface area contributed by atoms with E-state index in [0.717, 1.165) is 49.8 Å². The monoisotopic (exact) mass is 369 g/mol. The first-order valence-corrected chi connectivity index (χ1v) is 10.2. The van der Waals surface area contributed by atoms with Crippen molar-refractivity contribution in [1.29, 1.82) is 0 Å².